The zero-order valence-corrected chi connectivity index (χ0v) is 9.07. The van der Waals surface area contributed by atoms with Crippen LogP contribution in [0.5, 0.6) is 0 Å². The molecular weight excluding hydrogens is 190 g/mol. The van der Waals surface area contributed by atoms with E-state index >= 15 is 0 Å². The molecule has 1 atom stereocenters. The van der Waals surface area contributed by atoms with Gasteiger partial charge in [-0.3, -0.25) is 9.48 Å². The number of aryl methyl sites for hydroxylation is 1. The molecule has 4 nitrogen and oxygen atoms in total. The highest BCUT2D eigenvalue weighted by Gasteiger charge is 2.19. The van der Waals surface area contributed by atoms with Gasteiger partial charge in [0.25, 0.3) is 0 Å². The van der Waals surface area contributed by atoms with Crippen LogP contribution in [0.4, 0.5) is 0 Å². The van der Waals surface area contributed by atoms with E-state index in [1.54, 1.807) is 10.9 Å². The van der Waals surface area contributed by atoms with E-state index in [4.69, 9.17) is 0 Å². The van der Waals surface area contributed by atoms with E-state index in [1.807, 2.05) is 13.1 Å². The third kappa shape index (κ3) is 2.45. The van der Waals surface area contributed by atoms with Crippen molar-refractivity contribution in [3.63, 3.8) is 0 Å². The molecule has 15 heavy (non-hydrogen) atoms. The lowest BCUT2D eigenvalue weighted by Gasteiger charge is -2.06. The molecule has 0 saturated carbocycles. The fourth-order valence-electron chi connectivity index (χ4n) is 1.95. The summed E-state index contributed by atoms with van der Waals surface area (Å²) < 4.78 is 1.79. The molecule has 0 radical (unpaired) electrons. The second-order valence-corrected chi connectivity index (χ2v) is 4.01. The predicted molar refractivity (Wildman–Crippen MR) is 57.9 cm³/mol. The van der Waals surface area contributed by atoms with Crippen molar-refractivity contribution < 1.29 is 4.79 Å². The average Bonchev–Trinajstić information content (AvgIpc) is 2.86. The topological polar surface area (TPSA) is 46.9 Å². The minimum Gasteiger partial charge on any atom is -0.314 e. The number of rotatable bonds is 4. The first-order valence-electron chi connectivity index (χ1n) is 5.58. The van der Waals surface area contributed by atoms with Crippen LogP contribution in [0.25, 0.3) is 0 Å². The maximum absolute atomic E-state index is 11.8. The van der Waals surface area contributed by atoms with Crippen LogP contribution in [0.3, 0.4) is 0 Å². The zero-order chi connectivity index (χ0) is 10.7. The summed E-state index contributed by atoms with van der Waals surface area (Å²) in [6.07, 6.45) is 6.41. The normalized spacial score (nSPS) is 20.7. The Balaban J connectivity index is 1.94. The second kappa shape index (κ2) is 4.57. The van der Waals surface area contributed by atoms with Gasteiger partial charge in [-0.05, 0) is 26.3 Å². The Labute approximate surface area is 89.7 Å². The van der Waals surface area contributed by atoms with Gasteiger partial charge in [-0.1, -0.05) is 0 Å². The van der Waals surface area contributed by atoms with E-state index in [2.05, 4.69) is 10.4 Å². The number of ketones is 1. The van der Waals surface area contributed by atoms with Crippen molar-refractivity contribution in [1.82, 2.24) is 15.1 Å². The molecule has 0 spiro atoms. The van der Waals surface area contributed by atoms with Gasteiger partial charge < -0.3 is 5.32 Å². The van der Waals surface area contributed by atoms with Crippen molar-refractivity contribution in [2.45, 2.75) is 38.8 Å². The fourth-order valence-corrected chi connectivity index (χ4v) is 1.95. The smallest absolute Gasteiger partial charge is 0.167 e. The van der Waals surface area contributed by atoms with Crippen LogP contribution in [0.1, 0.15) is 36.5 Å². The number of nitrogens with one attached hydrogen (secondary N) is 1. The lowest BCUT2D eigenvalue weighted by Crippen LogP contribution is -2.24. The van der Waals surface area contributed by atoms with Crippen molar-refractivity contribution in [1.29, 1.82) is 0 Å². The molecule has 1 aromatic heterocycles. The maximum atomic E-state index is 11.8. The SMILES string of the molecule is CCn1cc(C(=O)CC2CCCN2)cn1. The quantitative estimate of drug-likeness (QED) is 0.755. The van der Waals surface area contributed by atoms with Gasteiger partial charge >= 0.3 is 0 Å². The Morgan fingerprint density at radius 2 is 2.60 bits per heavy atom. The minimum atomic E-state index is 0.203. The van der Waals surface area contributed by atoms with Crippen LogP contribution in [0.2, 0.25) is 0 Å². The molecule has 1 fully saturated rings. The third-order valence-corrected chi connectivity index (χ3v) is 2.87. The standard InChI is InChI=1S/C11H17N3O/c1-2-14-8-9(7-13-14)11(15)6-10-4-3-5-12-10/h7-8,10,12H,2-6H2,1H3. The first-order valence-corrected chi connectivity index (χ1v) is 5.58. The molecule has 2 rings (SSSR count). The van der Waals surface area contributed by atoms with Gasteiger partial charge in [0.1, 0.15) is 0 Å². The van der Waals surface area contributed by atoms with Gasteiger partial charge in [-0.25, -0.2) is 0 Å². The number of aromatic nitrogens is 2. The summed E-state index contributed by atoms with van der Waals surface area (Å²) in [5, 5.41) is 7.44. The summed E-state index contributed by atoms with van der Waals surface area (Å²) >= 11 is 0. The van der Waals surface area contributed by atoms with Gasteiger partial charge in [-0.15, -0.1) is 0 Å². The van der Waals surface area contributed by atoms with Crippen LogP contribution in [0, 0.1) is 0 Å². The van der Waals surface area contributed by atoms with Crippen molar-refractivity contribution >= 4 is 5.78 Å². The van der Waals surface area contributed by atoms with Gasteiger partial charge in [-0.2, -0.15) is 5.10 Å². The van der Waals surface area contributed by atoms with Crippen molar-refractivity contribution in [3.8, 4) is 0 Å². The van der Waals surface area contributed by atoms with Crippen LogP contribution < -0.4 is 5.32 Å². The number of carbonyl (C=O) groups is 1. The molecule has 0 bridgehead atoms. The van der Waals surface area contributed by atoms with Gasteiger partial charge in [0.2, 0.25) is 0 Å². The summed E-state index contributed by atoms with van der Waals surface area (Å²) in [4.78, 5) is 11.8. The van der Waals surface area contributed by atoms with Crippen LogP contribution >= 0.6 is 0 Å². The number of carbonyl (C=O) groups excluding carboxylic acids is 1. The van der Waals surface area contributed by atoms with Crippen LogP contribution in [-0.2, 0) is 6.54 Å². The van der Waals surface area contributed by atoms with Crippen molar-refractivity contribution in [2.75, 3.05) is 6.54 Å². The highest BCUT2D eigenvalue weighted by molar-refractivity contribution is 5.96. The lowest BCUT2D eigenvalue weighted by molar-refractivity contribution is 0.0971. The second-order valence-electron chi connectivity index (χ2n) is 4.01. The molecular formula is C11H17N3O. The van der Waals surface area contributed by atoms with E-state index in [9.17, 15) is 4.79 Å². The Morgan fingerprint density at radius 1 is 1.73 bits per heavy atom. The number of hydrogen-bond acceptors (Lipinski definition) is 3. The number of Topliss-reactive ketones (excluding diaryl/α,β-unsaturated/α-hetero) is 1. The maximum Gasteiger partial charge on any atom is 0.167 e. The monoisotopic (exact) mass is 207 g/mol. The molecule has 1 aliphatic heterocycles. The Hall–Kier alpha value is -1.16. The zero-order valence-electron chi connectivity index (χ0n) is 9.07. The molecule has 2 heterocycles. The average molecular weight is 207 g/mol. The number of hydrogen-bond donors (Lipinski definition) is 1. The Kier molecular flexibility index (Phi) is 3.16. The van der Waals surface area contributed by atoms with E-state index in [1.165, 1.54) is 6.42 Å². The van der Waals surface area contributed by atoms with Crippen molar-refractivity contribution in [2.24, 2.45) is 0 Å². The summed E-state index contributed by atoms with van der Waals surface area (Å²) in [6.45, 7) is 3.88. The molecule has 1 saturated heterocycles. The minimum absolute atomic E-state index is 0.203. The largest absolute Gasteiger partial charge is 0.314 e. The van der Waals surface area contributed by atoms with E-state index in [0.717, 1.165) is 25.1 Å². The molecule has 4 heteroatoms. The molecule has 82 valence electrons. The number of nitrogens with zero attached hydrogens (tertiary/aromatic N) is 2. The van der Waals surface area contributed by atoms with E-state index < -0.39 is 0 Å². The molecule has 1 unspecified atom stereocenters. The Morgan fingerprint density at radius 3 is 3.20 bits per heavy atom. The van der Waals surface area contributed by atoms with Crippen LogP contribution in [0.15, 0.2) is 12.4 Å². The molecule has 0 aromatic carbocycles. The van der Waals surface area contributed by atoms with E-state index in [0.29, 0.717) is 12.5 Å². The summed E-state index contributed by atoms with van der Waals surface area (Å²) in [6, 6.07) is 0.377. The summed E-state index contributed by atoms with van der Waals surface area (Å²) in [5.41, 5.74) is 0.741. The Bertz CT molecular complexity index is 339. The third-order valence-electron chi connectivity index (χ3n) is 2.87. The highest BCUT2D eigenvalue weighted by Crippen LogP contribution is 2.12. The molecule has 1 aromatic rings. The van der Waals surface area contributed by atoms with Gasteiger partial charge in [0.15, 0.2) is 5.78 Å². The lowest BCUT2D eigenvalue weighted by atomic mass is 10.1. The summed E-state index contributed by atoms with van der Waals surface area (Å²) in [7, 11) is 0. The van der Waals surface area contributed by atoms with Gasteiger partial charge in [0, 0.05) is 25.2 Å². The van der Waals surface area contributed by atoms with Gasteiger partial charge in [0.05, 0.1) is 11.8 Å². The highest BCUT2D eigenvalue weighted by atomic mass is 16.1. The first kappa shape index (κ1) is 10.4. The molecule has 0 aliphatic carbocycles. The van der Waals surface area contributed by atoms with Crippen molar-refractivity contribution in [3.05, 3.63) is 18.0 Å². The predicted octanol–water partition coefficient (Wildman–Crippen LogP) is 1.23. The molecule has 1 aliphatic rings. The fraction of sp³-hybridized carbons (Fsp3) is 0.636. The first-order chi connectivity index (χ1) is 7.29. The summed E-state index contributed by atoms with van der Waals surface area (Å²) in [5.74, 6) is 0.203. The molecule has 0 amide bonds. The van der Waals surface area contributed by atoms with E-state index in [-0.39, 0.29) is 5.78 Å². The van der Waals surface area contributed by atoms with Crippen LogP contribution in [-0.4, -0.2) is 28.2 Å². The molecule has 1 N–H and O–H groups in total.